The summed E-state index contributed by atoms with van der Waals surface area (Å²) in [5.74, 6) is 1.99. The Bertz CT molecular complexity index is 1820. The largest absolute Gasteiger partial charge is 0.485 e. The highest BCUT2D eigenvalue weighted by Crippen LogP contribution is 2.60. The highest BCUT2D eigenvalue weighted by Gasteiger charge is 2.62. The first-order valence-electron chi connectivity index (χ1n) is 17.5. The Hall–Kier alpha value is -4.01. The monoisotopic (exact) mass is 757 g/mol. The number of benzene rings is 1. The van der Waals surface area contributed by atoms with Crippen LogP contribution in [-0.4, -0.2) is 57.1 Å². The van der Waals surface area contributed by atoms with E-state index >= 15 is 0 Å². The highest BCUT2D eigenvalue weighted by atomic mass is 35.5. The summed E-state index contributed by atoms with van der Waals surface area (Å²) in [5, 5.41) is 11.8. The Morgan fingerprint density at radius 3 is 2.58 bits per heavy atom. The Labute approximate surface area is 310 Å². The standard InChI is InChI=1S/C37H43ClF3N7O3S/c1-35(2)22-26(23-43-35)10-6-19-42-33-28(51-24-25-8-4-3-5-9-25)12-14-31(45-33)52-47-34(49)27-11-13-29(44-32(27)38)48-20-15-30(46-48)50-21-7-16-36(17-18-36)37(39,40)41/h3-5,8-9,11-15,20,26,43H,6-7,10,16-19,21-24H2,1-2H3,(H,42,45)(H,47,49). The van der Waals surface area contributed by atoms with Crippen LogP contribution in [0.25, 0.3) is 5.82 Å². The zero-order valence-corrected chi connectivity index (χ0v) is 30.7. The van der Waals surface area contributed by atoms with Crippen LogP contribution < -0.4 is 24.8 Å². The van der Waals surface area contributed by atoms with Gasteiger partial charge in [0.05, 0.1) is 17.6 Å². The van der Waals surface area contributed by atoms with Gasteiger partial charge < -0.3 is 20.1 Å². The summed E-state index contributed by atoms with van der Waals surface area (Å²) in [7, 11) is 0. The molecule has 1 aromatic carbocycles. The van der Waals surface area contributed by atoms with Crippen molar-refractivity contribution in [2.75, 3.05) is 25.0 Å². The van der Waals surface area contributed by atoms with Crippen molar-refractivity contribution in [3.63, 3.8) is 0 Å². The first-order chi connectivity index (χ1) is 24.9. The number of carbonyl (C=O) groups is 1. The van der Waals surface area contributed by atoms with Crippen LogP contribution in [0.3, 0.4) is 0 Å². The van der Waals surface area contributed by atoms with Gasteiger partial charge in [0.15, 0.2) is 17.4 Å². The molecule has 0 spiro atoms. The van der Waals surface area contributed by atoms with Crippen LogP contribution in [0.5, 0.6) is 11.6 Å². The summed E-state index contributed by atoms with van der Waals surface area (Å²) >= 11 is 7.48. The molecule has 52 heavy (non-hydrogen) atoms. The number of halogens is 4. The molecular formula is C37H43ClF3N7O3S. The number of hydrogen-bond donors (Lipinski definition) is 3. The highest BCUT2D eigenvalue weighted by molar-refractivity contribution is 7.97. The van der Waals surface area contributed by atoms with E-state index in [1.165, 1.54) is 10.7 Å². The molecule has 278 valence electrons. The van der Waals surface area contributed by atoms with Crippen molar-refractivity contribution in [3.8, 4) is 17.4 Å². The smallest absolute Gasteiger partial charge is 0.394 e. The molecule has 3 aromatic heterocycles. The van der Waals surface area contributed by atoms with Crippen LogP contribution in [0.1, 0.15) is 74.7 Å². The van der Waals surface area contributed by atoms with E-state index in [4.69, 9.17) is 26.1 Å². The number of pyridine rings is 2. The second kappa shape index (κ2) is 16.3. The van der Waals surface area contributed by atoms with Crippen molar-refractivity contribution < 1.29 is 27.4 Å². The van der Waals surface area contributed by atoms with Gasteiger partial charge in [0.25, 0.3) is 5.91 Å². The maximum absolute atomic E-state index is 13.2. The Morgan fingerprint density at radius 2 is 1.87 bits per heavy atom. The molecule has 3 N–H and O–H groups in total. The van der Waals surface area contributed by atoms with E-state index in [1.54, 1.807) is 24.4 Å². The number of carbonyl (C=O) groups excluding carboxylic acids is 1. The predicted octanol–water partition coefficient (Wildman–Crippen LogP) is 8.41. The summed E-state index contributed by atoms with van der Waals surface area (Å²) in [6, 6.07) is 18.2. The number of amides is 1. The number of alkyl halides is 3. The number of aromatic nitrogens is 4. The van der Waals surface area contributed by atoms with Crippen molar-refractivity contribution >= 4 is 35.3 Å². The Kier molecular flexibility index (Phi) is 11.9. The van der Waals surface area contributed by atoms with Gasteiger partial charge in [-0.1, -0.05) is 41.9 Å². The molecular weight excluding hydrogens is 715 g/mol. The van der Waals surface area contributed by atoms with E-state index in [0.717, 1.165) is 49.9 Å². The third kappa shape index (κ3) is 9.90. The first-order valence-corrected chi connectivity index (χ1v) is 18.7. The van der Waals surface area contributed by atoms with E-state index in [2.05, 4.69) is 39.3 Å². The molecule has 1 saturated carbocycles. The molecule has 1 saturated heterocycles. The topological polar surface area (TPSA) is 115 Å². The van der Waals surface area contributed by atoms with Crippen molar-refractivity contribution in [2.45, 2.75) is 82.1 Å². The minimum Gasteiger partial charge on any atom is -0.485 e. The lowest BCUT2D eigenvalue weighted by Gasteiger charge is -2.18. The molecule has 0 radical (unpaired) electrons. The molecule has 1 aliphatic heterocycles. The zero-order chi connectivity index (χ0) is 36.8. The molecule has 1 amide bonds. The Balaban J connectivity index is 1.02. The van der Waals surface area contributed by atoms with E-state index < -0.39 is 17.5 Å². The third-order valence-corrected chi connectivity index (χ3v) is 10.5. The van der Waals surface area contributed by atoms with Crippen LogP contribution in [0.15, 0.2) is 71.9 Å². The van der Waals surface area contributed by atoms with Crippen LogP contribution >= 0.6 is 23.5 Å². The number of nitrogens with zero attached hydrogens (tertiary/aromatic N) is 4. The minimum atomic E-state index is -4.17. The average molecular weight is 758 g/mol. The van der Waals surface area contributed by atoms with Crippen LogP contribution in [-0.2, 0) is 6.61 Å². The van der Waals surface area contributed by atoms with Gasteiger partial charge >= 0.3 is 6.18 Å². The van der Waals surface area contributed by atoms with Gasteiger partial charge in [-0.2, -0.15) is 13.2 Å². The van der Waals surface area contributed by atoms with Gasteiger partial charge in [0.2, 0.25) is 5.88 Å². The summed E-state index contributed by atoms with van der Waals surface area (Å²) < 4.78 is 55.4. The summed E-state index contributed by atoms with van der Waals surface area (Å²) in [6.07, 6.45) is 1.33. The molecule has 6 rings (SSSR count). The van der Waals surface area contributed by atoms with Gasteiger partial charge in [-0.25, -0.2) is 14.6 Å². The molecule has 1 aliphatic carbocycles. The summed E-state index contributed by atoms with van der Waals surface area (Å²) in [4.78, 5) is 22.2. The lowest BCUT2D eigenvalue weighted by molar-refractivity contribution is -0.189. The predicted molar refractivity (Wildman–Crippen MR) is 195 cm³/mol. The van der Waals surface area contributed by atoms with Gasteiger partial charge in [-0.15, -0.1) is 5.10 Å². The maximum Gasteiger partial charge on any atom is 0.394 e. The van der Waals surface area contributed by atoms with E-state index in [9.17, 15) is 18.0 Å². The van der Waals surface area contributed by atoms with Gasteiger partial charge in [-0.3, -0.25) is 9.52 Å². The normalized spacial score (nSPS) is 17.5. The second-order valence-electron chi connectivity index (χ2n) is 14.0. The van der Waals surface area contributed by atoms with Crippen molar-refractivity contribution in [1.29, 1.82) is 0 Å². The molecule has 4 aromatic rings. The van der Waals surface area contributed by atoms with E-state index in [0.29, 0.717) is 34.9 Å². The Morgan fingerprint density at radius 1 is 1.06 bits per heavy atom. The summed E-state index contributed by atoms with van der Waals surface area (Å²) in [6.45, 7) is 6.75. The fourth-order valence-corrected chi connectivity index (χ4v) is 7.17. The van der Waals surface area contributed by atoms with Crippen molar-refractivity contribution in [3.05, 3.63) is 83.1 Å². The van der Waals surface area contributed by atoms with Gasteiger partial charge in [0.1, 0.15) is 16.8 Å². The van der Waals surface area contributed by atoms with Gasteiger partial charge in [0, 0.05) is 36.3 Å². The van der Waals surface area contributed by atoms with E-state index in [-0.39, 0.29) is 54.4 Å². The van der Waals surface area contributed by atoms with Crippen LogP contribution in [0.4, 0.5) is 19.0 Å². The zero-order valence-electron chi connectivity index (χ0n) is 29.1. The van der Waals surface area contributed by atoms with E-state index in [1.807, 2.05) is 36.4 Å². The van der Waals surface area contributed by atoms with Gasteiger partial charge in [-0.05, 0) is 101 Å². The molecule has 10 nitrogen and oxygen atoms in total. The number of rotatable bonds is 17. The van der Waals surface area contributed by atoms with Crippen LogP contribution in [0, 0.1) is 11.3 Å². The molecule has 0 bridgehead atoms. The molecule has 2 fully saturated rings. The maximum atomic E-state index is 13.2. The molecule has 1 unspecified atom stereocenters. The van der Waals surface area contributed by atoms with Crippen molar-refractivity contribution in [1.82, 2.24) is 29.8 Å². The number of nitrogens with one attached hydrogen (secondary N) is 3. The number of hydrogen-bond acceptors (Lipinski definition) is 9. The number of anilines is 1. The molecule has 1 atom stereocenters. The fraction of sp³-hybridized carbons (Fsp3) is 0.459. The van der Waals surface area contributed by atoms with Crippen LogP contribution in [0.2, 0.25) is 5.15 Å². The minimum absolute atomic E-state index is 0.0312. The molecule has 2 aliphatic rings. The molecule has 4 heterocycles. The lowest BCUT2D eigenvalue weighted by atomic mass is 9.94. The second-order valence-corrected chi connectivity index (χ2v) is 15.2. The quantitative estimate of drug-likeness (QED) is 0.0555. The third-order valence-electron chi connectivity index (χ3n) is 9.45. The SMILES string of the molecule is CC1(C)CC(CCCNc2nc(SNC(=O)c3ccc(-n4ccc(OCCCC5(C(F)(F)F)CC5)n4)nc3Cl)ccc2OCc2ccccc2)CN1. The summed E-state index contributed by atoms with van der Waals surface area (Å²) in [5.41, 5.74) is -0.167. The lowest BCUT2D eigenvalue weighted by Crippen LogP contribution is -2.31. The average Bonchev–Trinajstić information content (AvgIpc) is 3.65. The number of ether oxygens (including phenoxy) is 2. The first kappa shape index (κ1) is 37.7. The molecule has 15 heteroatoms. The van der Waals surface area contributed by atoms with Crippen molar-refractivity contribution in [2.24, 2.45) is 11.3 Å². The fourth-order valence-electron chi connectivity index (χ4n) is 6.35.